The molecule has 4 aliphatic carbocycles. The van der Waals surface area contributed by atoms with Crippen molar-refractivity contribution in [3.8, 4) is 0 Å². The van der Waals surface area contributed by atoms with Crippen molar-refractivity contribution < 1.29 is 10.2 Å². The predicted molar refractivity (Wildman–Crippen MR) is 120 cm³/mol. The van der Waals surface area contributed by atoms with Gasteiger partial charge in [-0.05, 0) is 116 Å². The molecule has 0 amide bonds. The Bertz CT molecular complexity index is 665. The number of hydrogen-bond donors (Lipinski definition) is 2. The first kappa shape index (κ1) is 20.5. The van der Waals surface area contributed by atoms with Gasteiger partial charge in [0, 0.05) is 19.1 Å². The highest BCUT2D eigenvalue weighted by atomic mass is 16.3. The van der Waals surface area contributed by atoms with Crippen molar-refractivity contribution in [2.75, 3.05) is 13.1 Å². The zero-order valence-corrected chi connectivity index (χ0v) is 19.5. The van der Waals surface area contributed by atoms with E-state index < -0.39 is 0 Å². The summed E-state index contributed by atoms with van der Waals surface area (Å²) in [6.07, 6.45) is 10.7. The second-order valence-corrected chi connectivity index (χ2v) is 13.1. The third-order valence-corrected chi connectivity index (χ3v) is 12.0. The first-order valence-electron chi connectivity index (χ1n) is 13.5. The lowest BCUT2D eigenvalue weighted by Crippen LogP contribution is -2.58. The minimum Gasteiger partial charge on any atom is -0.393 e. The van der Waals surface area contributed by atoms with Gasteiger partial charge < -0.3 is 10.2 Å². The third kappa shape index (κ3) is 2.86. The average molecular weight is 416 g/mol. The van der Waals surface area contributed by atoms with Gasteiger partial charge >= 0.3 is 0 Å². The number of nitrogens with zero attached hydrogens (tertiary/aromatic N) is 1. The maximum Gasteiger partial charge on any atom is 0.0577 e. The summed E-state index contributed by atoms with van der Waals surface area (Å²) in [7, 11) is 0. The standard InChI is InChI=1S/C27H45NO2/c1-15-4-7-25-16(2)18-5-6-19-20(22(18)14-28(25)13-15)11-23-21(19)12-26(30)24-10-17(29)8-9-27(23,24)3/h15-26,29-30H,4-14H2,1-3H3/t15-,16-,17+,18+,19-,20+,21+,22+,23+,24-,25+,26-,27-/m1/s1. The van der Waals surface area contributed by atoms with E-state index in [1.165, 1.54) is 45.2 Å². The molecule has 4 saturated carbocycles. The maximum atomic E-state index is 11.2. The lowest BCUT2D eigenvalue weighted by Gasteiger charge is -2.56. The molecule has 170 valence electrons. The molecule has 6 rings (SSSR count). The Labute approximate surface area is 184 Å². The van der Waals surface area contributed by atoms with Crippen LogP contribution >= 0.6 is 0 Å². The van der Waals surface area contributed by atoms with E-state index in [9.17, 15) is 10.2 Å². The van der Waals surface area contributed by atoms with Gasteiger partial charge in [0.25, 0.3) is 0 Å². The highest BCUT2D eigenvalue weighted by Crippen LogP contribution is 2.67. The molecule has 0 aromatic rings. The molecule has 30 heavy (non-hydrogen) atoms. The van der Waals surface area contributed by atoms with Gasteiger partial charge in [0.2, 0.25) is 0 Å². The second kappa shape index (κ2) is 7.19. The molecular weight excluding hydrogens is 370 g/mol. The van der Waals surface area contributed by atoms with Gasteiger partial charge in [0.1, 0.15) is 0 Å². The van der Waals surface area contributed by atoms with Crippen LogP contribution in [0.15, 0.2) is 0 Å². The van der Waals surface area contributed by atoms with Gasteiger partial charge in [0.15, 0.2) is 0 Å². The summed E-state index contributed by atoms with van der Waals surface area (Å²) < 4.78 is 0. The SMILES string of the molecule is C[C@@H]1CC[C@H]2[C@H](C)[C@@H]3CC[C@@H]4[C@H](C[C@H]5[C@H]4C[C@@H](O)[C@H]4C[C@@H](O)CC[C@@]45C)[C@H]3CN2C1. The zero-order chi connectivity index (χ0) is 20.8. The highest BCUT2D eigenvalue weighted by molar-refractivity contribution is 5.12. The smallest absolute Gasteiger partial charge is 0.0577 e. The summed E-state index contributed by atoms with van der Waals surface area (Å²) in [5, 5.41) is 21.5. The highest BCUT2D eigenvalue weighted by Gasteiger charge is 2.62. The number of aliphatic hydroxyl groups is 2. The van der Waals surface area contributed by atoms with Gasteiger partial charge in [-0.3, -0.25) is 4.90 Å². The fourth-order valence-corrected chi connectivity index (χ4v) is 10.6. The molecule has 0 aromatic carbocycles. The normalized spacial score (nSPS) is 60.7. The summed E-state index contributed by atoms with van der Waals surface area (Å²) in [6, 6.07) is 0.853. The maximum absolute atomic E-state index is 11.2. The fraction of sp³-hybridized carbons (Fsp3) is 1.00. The average Bonchev–Trinajstić information content (AvgIpc) is 3.09. The zero-order valence-electron chi connectivity index (χ0n) is 19.5. The van der Waals surface area contributed by atoms with Crippen LogP contribution in [0.2, 0.25) is 0 Å². The topological polar surface area (TPSA) is 43.7 Å². The Hall–Kier alpha value is -0.120. The Balaban J connectivity index is 1.28. The molecule has 6 aliphatic rings. The van der Waals surface area contributed by atoms with Crippen LogP contribution in [-0.4, -0.2) is 46.5 Å². The fourth-order valence-electron chi connectivity index (χ4n) is 10.6. The summed E-state index contributed by atoms with van der Waals surface area (Å²) in [4.78, 5) is 2.92. The second-order valence-electron chi connectivity index (χ2n) is 13.1. The summed E-state index contributed by atoms with van der Waals surface area (Å²) in [5.74, 6) is 7.22. The summed E-state index contributed by atoms with van der Waals surface area (Å²) >= 11 is 0. The Morgan fingerprint density at radius 3 is 2.37 bits per heavy atom. The van der Waals surface area contributed by atoms with E-state index >= 15 is 0 Å². The van der Waals surface area contributed by atoms with Crippen LogP contribution < -0.4 is 0 Å². The number of piperidine rings is 2. The molecule has 0 aromatic heterocycles. The van der Waals surface area contributed by atoms with Crippen LogP contribution in [0.5, 0.6) is 0 Å². The van der Waals surface area contributed by atoms with E-state index in [2.05, 4.69) is 25.7 Å². The molecule has 6 fully saturated rings. The van der Waals surface area contributed by atoms with Crippen LogP contribution in [0.1, 0.15) is 78.6 Å². The molecule has 2 heterocycles. The van der Waals surface area contributed by atoms with E-state index in [-0.39, 0.29) is 17.6 Å². The number of aliphatic hydroxyl groups excluding tert-OH is 2. The first-order valence-corrected chi connectivity index (χ1v) is 13.5. The Morgan fingerprint density at radius 2 is 1.53 bits per heavy atom. The quantitative estimate of drug-likeness (QED) is 0.609. The molecule has 0 bridgehead atoms. The lowest BCUT2D eigenvalue weighted by atomic mass is 9.51. The monoisotopic (exact) mass is 415 g/mol. The van der Waals surface area contributed by atoms with E-state index in [0.29, 0.717) is 5.92 Å². The number of rotatable bonds is 0. The van der Waals surface area contributed by atoms with Crippen molar-refractivity contribution in [2.45, 2.75) is 96.8 Å². The minimum atomic E-state index is -0.181. The van der Waals surface area contributed by atoms with E-state index in [1.807, 2.05) is 0 Å². The third-order valence-electron chi connectivity index (χ3n) is 12.0. The van der Waals surface area contributed by atoms with Crippen molar-refractivity contribution in [1.82, 2.24) is 4.90 Å². The number of fused-ring (bicyclic) bond motifs is 8. The molecular formula is C27H45NO2. The van der Waals surface area contributed by atoms with Crippen LogP contribution in [0, 0.1) is 58.7 Å². The van der Waals surface area contributed by atoms with Crippen molar-refractivity contribution in [2.24, 2.45) is 58.7 Å². The molecule has 3 nitrogen and oxygen atoms in total. The predicted octanol–water partition coefficient (Wildman–Crippen LogP) is 4.56. The molecule has 3 heteroatoms. The summed E-state index contributed by atoms with van der Waals surface area (Å²) in [6.45, 7) is 10.3. The molecule has 0 spiro atoms. The van der Waals surface area contributed by atoms with Crippen molar-refractivity contribution in [3.05, 3.63) is 0 Å². The van der Waals surface area contributed by atoms with Crippen LogP contribution in [0.4, 0.5) is 0 Å². The van der Waals surface area contributed by atoms with Gasteiger partial charge in [-0.15, -0.1) is 0 Å². The minimum absolute atomic E-state index is 0.180. The summed E-state index contributed by atoms with van der Waals surface area (Å²) in [5.41, 5.74) is 0.261. The molecule has 2 N–H and O–H groups in total. The van der Waals surface area contributed by atoms with Crippen LogP contribution in [0.25, 0.3) is 0 Å². The first-order chi connectivity index (χ1) is 14.4. The van der Waals surface area contributed by atoms with Gasteiger partial charge in [-0.2, -0.15) is 0 Å². The van der Waals surface area contributed by atoms with Crippen molar-refractivity contribution >= 4 is 0 Å². The van der Waals surface area contributed by atoms with Crippen molar-refractivity contribution in [3.63, 3.8) is 0 Å². The lowest BCUT2D eigenvalue weighted by molar-refractivity contribution is -0.130. The molecule has 2 aliphatic heterocycles. The van der Waals surface area contributed by atoms with E-state index in [4.69, 9.17) is 0 Å². The Morgan fingerprint density at radius 1 is 0.733 bits per heavy atom. The van der Waals surface area contributed by atoms with Crippen LogP contribution in [-0.2, 0) is 0 Å². The molecule has 2 saturated heterocycles. The molecule has 0 radical (unpaired) electrons. The van der Waals surface area contributed by atoms with Crippen molar-refractivity contribution in [1.29, 1.82) is 0 Å². The van der Waals surface area contributed by atoms with Gasteiger partial charge in [-0.1, -0.05) is 20.8 Å². The van der Waals surface area contributed by atoms with Crippen LogP contribution in [0.3, 0.4) is 0 Å². The van der Waals surface area contributed by atoms with E-state index in [1.54, 1.807) is 0 Å². The van der Waals surface area contributed by atoms with E-state index in [0.717, 1.165) is 79.1 Å². The van der Waals surface area contributed by atoms with Gasteiger partial charge in [-0.25, -0.2) is 0 Å². The van der Waals surface area contributed by atoms with Gasteiger partial charge in [0.05, 0.1) is 12.2 Å². The molecule has 0 unspecified atom stereocenters. The largest absolute Gasteiger partial charge is 0.393 e. The molecule has 13 atom stereocenters. The Kier molecular flexibility index (Phi) is 4.91. The number of hydrogen-bond acceptors (Lipinski definition) is 3.